The van der Waals surface area contributed by atoms with Crippen molar-refractivity contribution >= 4 is 40.5 Å². The fourth-order valence-electron chi connectivity index (χ4n) is 7.72. The molecule has 256 valence electrons. The van der Waals surface area contributed by atoms with Crippen LogP contribution >= 0.6 is 0 Å². The summed E-state index contributed by atoms with van der Waals surface area (Å²) in [6, 6.07) is 15.7. The molecule has 1 saturated heterocycles. The van der Waals surface area contributed by atoms with Crippen molar-refractivity contribution in [3.05, 3.63) is 65.9 Å². The molecule has 2 aromatic carbocycles. The molecular weight excluding hydrogens is 615 g/mol. The van der Waals surface area contributed by atoms with Crippen LogP contribution in [0, 0.1) is 11.8 Å². The smallest absolute Gasteiger partial charge is 0.407 e. The second-order valence-electron chi connectivity index (χ2n) is 14.8. The van der Waals surface area contributed by atoms with Crippen LogP contribution in [0.15, 0.2) is 54.6 Å². The summed E-state index contributed by atoms with van der Waals surface area (Å²) in [6.07, 6.45) is 2.26. The Morgan fingerprint density at radius 2 is 1.73 bits per heavy atom. The highest BCUT2D eigenvalue weighted by molar-refractivity contribution is 6.02. The van der Waals surface area contributed by atoms with Crippen LogP contribution < -0.4 is 10.6 Å². The Bertz CT molecular complexity index is 1710. The molecule has 3 aliphatic rings. The predicted octanol–water partition coefficient (Wildman–Crippen LogP) is 6.50. The number of nitrogens with zero attached hydrogens (tertiary/aromatic N) is 2. The first-order chi connectivity index (χ1) is 22.8. The molecule has 3 heterocycles. The number of fused-ring (bicyclic) bond motifs is 3. The summed E-state index contributed by atoms with van der Waals surface area (Å²) in [4.78, 5) is 54.7. The maximum Gasteiger partial charge on any atom is 0.407 e. The maximum atomic E-state index is 14.1. The van der Waals surface area contributed by atoms with Crippen molar-refractivity contribution in [2.24, 2.45) is 11.8 Å². The molecule has 6 rings (SSSR count). The van der Waals surface area contributed by atoms with Gasteiger partial charge in [-0.05, 0) is 102 Å². The molecule has 1 aromatic heterocycles. The average molecular weight is 661 g/mol. The van der Waals surface area contributed by atoms with Crippen LogP contribution in [0.4, 0.5) is 14.9 Å². The first-order valence-electron chi connectivity index (χ1n) is 16.9. The number of carbonyl (C=O) groups is 4. The van der Waals surface area contributed by atoms with Gasteiger partial charge in [0.25, 0.3) is 0 Å². The summed E-state index contributed by atoms with van der Waals surface area (Å²) in [6.45, 7) is 8.67. The van der Waals surface area contributed by atoms with E-state index >= 15 is 0 Å². The third-order valence-electron chi connectivity index (χ3n) is 9.90. The lowest BCUT2D eigenvalue weighted by molar-refractivity contribution is -0.141. The molecule has 48 heavy (non-hydrogen) atoms. The van der Waals surface area contributed by atoms with E-state index in [0.717, 1.165) is 16.5 Å². The number of halogens is 1. The Kier molecular flexibility index (Phi) is 9.00. The number of esters is 1. The van der Waals surface area contributed by atoms with Crippen molar-refractivity contribution in [1.29, 1.82) is 0 Å². The van der Waals surface area contributed by atoms with E-state index in [1.807, 2.05) is 60.9 Å². The molecule has 3 amide bonds. The number of hydrogen-bond acceptors (Lipinski definition) is 6. The van der Waals surface area contributed by atoms with E-state index in [2.05, 4.69) is 10.6 Å². The Labute approximate surface area is 280 Å². The monoisotopic (exact) mass is 660 g/mol. The summed E-state index contributed by atoms with van der Waals surface area (Å²) in [7, 11) is 0. The van der Waals surface area contributed by atoms with Gasteiger partial charge in [0.1, 0.15) is 24.0 Å². The highest BCUT2D eigenvalue weighted by atomic mass is 19.1. The summed E-state index contributed by atoms with van der Waals surface area (Å²) >= 11 is 0. The second-order valence-corrected chi connectivity index (χ2v) is 14.8. The zero-order chi connectivity index (χ0) is 34.4. The molecule has 0 spiro atoms. The van der Waals surface area contributed by atoms with Gasteiger partial charge in [0.05, 0.1) is 11.6 Å². The molecule has 3 aromatic rings. The number of alkyl halides is 1. The van der Waals surface area contributed by atoms with E-state index in [1.54, 1.807) is 37.8 Å². The van der Waals surface area contributed by atoms with E-state index in [4.69, 9.17) is 9.47 Å². The van der Waals surface area contributed by atoms with Crippen LogP contribution in [-0.4, -0.2) is 64.2 Å². The quantitative estimate of drug-likeness (QED) is 0.280. The molecule has 2 fully saturated rings. The van der Waals surface area contributed by atoms with E-state index in [0.29, 0.717) is 50.0 Å². The van der Waals surface area contributed by atoms with Gasteiger partial charge >= 0.3 is 12.1 Å². The van der Waals surface area contributed by atoms with Crippen LogP contribution in [0.25, 0.3) is 10.9 Å². The minimum Gasteiger partial charge on any atom is -0.444 e. The number of alkyl carbamates (subject to hydrolysis) is 1. The topological polar surface area (TPSA) is 119 Å². The van der Waals surface area contributed by atoms with E-state index in [-0.39, 0.29) is 35.5 Å². The number of cyclic esters (lactones) is 1. The molecule has 1 saturated carbocycles. The first-order valence-corrected chi connectivity index (χ1v) is 16.9. The van der Waals surface area contributed by atoms with Gasteiger partial charge in [0.2, 0.25) is 11.8 Å². The lowest BCUT2D eigenvalue weighted by Gasteiger charge is -2.36. The molecule has 3 atom stereocenters. The largest absolute Gasteiger partial charge is 0.444 e. The Hall–Kier alpha value is -4.41. The third-order valence-corrected chi connectivity index (χ3v) is 9.90. The van der Waals surface area contributed by atoms with Crippen molar-refractivity contribution in [3.63, 3.8) is 0 Å². The zero-order valence-electron chi connectivity index (χ0n) is 28.3. The number of likely N-dealkylation sites (tertiary alicyclic amines) is 1. The van der Waals surface area contributed by atoms with Crippen molar-refractivity contribution in [2.45, 2.75) is 96.1 Å². The number of rotatable bonds is 7. The van der Waals surface area contributed by atoms with Crippen LogP contribution in [0.5, 0.6) is 0 Å². The van der Waals surface area contributed by atoms with Crippen molar-refractivity contribution in [3.8, 4) is 0 Å². The minimum atomic E-state index is -0.812. The fourth-order valence-corrected chi connectivity index (χ4v) is 7.72. The molecule has 10 nitrogen and oxygen atoms in total. The number of carbonyl (C=O) groups excluding carboxylic acids is 4. The van der Waals surface area contributed by atoms with Crippen LogP contribution in [0.3, 0.4) is 0 Å². The van der Waals surface area contributed by atoms with Gasteiger partial charge in [-0.25, -0.2) is 14.0 Å². The average Bonchev–Trinajstić information content (AvgIpc) is 3.71. The van der Waals surface area contributed by atoms with Crippen molar-refractivity contribution < 1.29 is 33.0 Å². The van der Waals surface area contributed by atoms with Crippen molar-refractivity contribution in [2.75, 3.05) is 18.5 Å². The number of anilines is 1. The fraction of sp³-hybridized carbons (Fsp3) is 0.514. The Morgan fingerprint density at radius 1 is 1.02 bits per heavy atom. The predicted molar refractivity (Wildman–Crippen MR) is 179 cm³/mol. The number of nitrogens with one attached hydrogen (secondary N) is 2. The minimum absolute atomic E-state index is 0.0658. The van der Waals surface area contributed by atoms with Crippen molar-refractivity contribution in [1.82, 2.24) is 14.8 Å². The van der Waals surface area contributed by atoms with Gasteiger partial charge in [0, 0.05) is 29.5 Å². The SMILES string of the molecule is CC(C)(C)OC(=O)N[C@H](CF)C1CCC(C(=O)N2CC[C@@H](c3ccccc3)[C@H]2C(=O)Nc2ccc3c(c2)cc2n3C(C)(C)OC2=O)CC1. The van der Waals surface area contributed by atoms with Crippen LogP contribution in [0.2, 0.25) is 0 Å². The van der Waals surface area contributed by atoms with Gasteiger partial charge in [-0.3, -0.25) is 14.2 Å². The molecule has 0 bridgehead atoms. The van der Waals surface area contributed by atoms with Gasteiger partial charge in [-0.15, -0.1) is 0 Å². The number of aromatic nitrogens is 1. The number of benzene rings is 2. The summed E-state index contributed by atoms with van der Waals surface area (Å²) in [5.41, 5.74) is 1.36. The Balaban J connectivity index is 1.17. The Morgan fingerprint density at radius 3 is 2.40 bits per heavy atom. The maximum absolute atomic E-state index is 14.1. The molecule has 0 unspecified atom stereocenters. The van der Waals surface area contributed by atoms with Gasteiger partial charge in [0.15, 0.2) is 5.72 Å². The van der Waals surface area contributed by atoms with E-state index in [1.165, 1.54) is 0 Å². The summed E-state index contributed by atoms with van der Waals surface area (Å²) in [5, 5.41) is 6.55. The number of amides is 3. The molecule has 11 heteroatoms. The van der Waals surface area contributed by atoms with E-state index in [9.17, 15) is 23.6 Å². The van der Waals surface area contributed by atoms with Crippen LogP contribution in [0.1, 0.15) is 88.7 Å². The highest BCUT2D eigenvalue weighted by Gasteiger charge is 2.45. The standard InChI is InChI=1S/C37H45FN4O6/c1-36(2,3)48-35(46)40-28(21-38)23-11-13-24(14-12-23)33(44)41-18-17-27(22-9-7-6-8-10-22)31(41)32(43)39-26-15-16-29-25(19-26)20-30-34(45)47-37(4,5)42(29)30/h6-10,15-16,19-20,23-24,27-28,31H,11-14,17-18,21H2,1-5H3,(H,39,43)(H,40,46)/t23?,24?,27-,28+,31-/m0/s1. The summed E-state index contributed by atoms with van der Waals surface area (Å²) in [5.74, 6) is -1.31. The normalized spacial score (nSPS) is 24.1. The highest BCUT2D eigenvalue weighted by Crippen LogP contribution is 2.40. The third kappa shape index (κ3) is 6.64. The second kappa shape index (κ2) is 12.9. The molecule has 2 aliphatic heterocycles. The lowest BCUT2D eigenvalue weighted by atomic mass is 9.78. The van der Waals surface area contributed by atoms with Crippen LogP contribution in [-0.2, 0) is 24.8 Å². The molecule has 2 N–H and O–H groups in total. The lowest BCUT2D eigenvalue weighted by Crippen LogP contribution is -2.49. The molecule has 0 radical (unpaired) electrons. The van der Waals surface area contributed by atoms with Gasteiger partial charge < -0.3 is 25.0 Å². The zero-order valence-corrected chi connectivity index (χ0v) is 28.3. The summed E-state index contributed by atoms with van der Waals surface area (Å²) < 4.78 is 26.7. The molecular formula is C37H45FN4O6. The van der Waals surface area contributed by atoms with E-state index < -0.39 is 36.2 Å². The molecule has 1 aliphatic carbocycles. The number of hydrogen-bond donors (Lipinski definition) is 2. The van der Waals surface area contributed by atoms with Gasteiger partial charge in [-0.1, -0.05) is 30.3 Å². The van der Waals surface area contributed by atoms with Gasteiger partial charge in [-0.2, -0.15) is 0 Å². The number of ether oxygens (including phenoxy) is 2. The first kappa shape index (κ1) is 33.5.